The molecule has 22 heavy (non-hydrogen) atoms. The van der Waals surface area contributed by atoms with Gasteiger partial charge >= 0.3 is 0 Å². The van der Waals surface area contributed by atoms with Gasteiger partial charge in [0.2, 0.25) is 0 Å². The number of hydrogen-bond acceptors (Lipinski definition) is 4. The molecule has 5 nitrogen and oxygen atoms in total. The Morgan fingerprint density at radius 1 is 1.32 bits per heavy atom. The Morgan fingerprint density at radius 2 is 2.00 bits per heavy atom. The van der Waals surface area contributed by atoms with Crippen LogP contribution in [0.5, 0.6) is 0 Å². The zero-order valence-corrected chi connectivity index (χ0v) is 15.0. The van der Waals surface area contributed by atoms with Crippen LogP contribution in [0.1, 0.15) is 51.8 Å². The molecule has 1 fully saturated rings. The van der Waals surface area contributed by atoms with Gasteiger partial charge in [-0.2, -0.15) is 5.10 Å². The molecule has 1 aliphatic rings. The van der Waals surface area contributed by atoms with Crippen LogP contribution < -0.4 is 0 Å². The molecule has 1 heterocycles. The third-order valence-electron chi connectivity index (χ3n) is 4.67. The lowest BCUT2D eigenvalue weighted by atomic mass is 9.83. The molecular weight excluding hydrogens is 296 g/mol. The lowest BCUT2D eigenvalue weighted by Gasteiger charge is -2.29. The van der Waals surface area contributed by atoms with Gasteiger partial charge in [0.25, 0.3) is 0 Å². The van der Waals surface area contributed by atoms with Crippen molar-refractivity contribution in [3.63, 3.8) is 0 Å². The molecular formula is C16H30N4OS. The van der Waals surface area contributed by atoms with E-state index in [-0.39, 0.29) is 6.61 Å². The minimum absolute atomic E-state index is 0.0547. The van der Waals surface area contributed by atoms with Crippen LogP contribution in [0.2, 0.25) is 0 Å². The zero-order chi connectivity index (χ0) is 16.1. The summed E-state index contributed by atoms with van der Waals surface area (Å²) in [6.07, 6.45) is 6.38. The predicted molar refractivity (Wildman–Crippen MR) is 91.0 cm³/mol. The topological polar surface area (TPSA) is 46.2 Å². The molecule has 1 aromatic heterocycles. The van der Waals surface area contributed by atoms with Crippen LogP contribution in [0, 0.1) is 16.6 Å². The molecule has 0 amide bonds. The van der Waals surface area contributed by atoms with Gasteiger partial charge in [-0.3, -0.25) is 4.90 Å². The van der Waals surface area contributed by atoms with Crippen molar-refractivity contribution in [1.82, 2.24) is 19.2 Å². The third kappa shape index (κ3) is 4.40. The summed E-state index contributed by atoms with van der Waals surface area (Å²) in [4.78, 5) is 2.31. The van der Waals surface area contributed by atoms with Gasteiger partial charge in [0.1, 0.15) is 6.61 Å². The predicted octanol–water partition coefficient (Wildman–Crippen LogP) is 3.03. The maximum Gasteiger partial charge on any atom is 0.199 e. The molecule has 0 aromatic carbocycles. The second-order valence-electron chi connectivity index (χ2n) is 6.81. The van der Waals surface area contributed by atoms with Crippen molar-refractivity contribution < 1.29 is 5.11 Å². The summed E-state index contributed by atoms with van der Waals surface area (Å²) in [7, 11) is 2.14. The van der Waals surface area contributed by atoms with Gasteiger partial charge in [0.15, 0.2) is 10.6 Å². The van der Waals surface area contributed by atoms with E-state index < -0.39 is 0 Å². The van der Waals surface area contributed by atoms with Crippen LogP contribution in [0.15, 0.2) is 0 Å². The number of rotatable bonds is 7. The Labute approximate surface area is 138 Å². The van der Waals surface area contributed by atoms with E-state index in [1.807, 2.05) is 9.25 Å². The Morgan fingerprint density at radius 3 is 2.59 bits per heavy atom. The Bertz CT molecular complexity index is 517. The Balaban J connectivity index is 1.96. The molecule has 1 N–H and O–H groups in total. The summed E-state index contributed by atoms with van der Waals surface area (Å²) in [5.41, 5.74) is 0. The maximum absolute atomic E-state index is 9.45. The van der Waals surface area contributed by atoms with Crippen molar-refractivity contribution in [2.24, 2.45) is 11.8 Å². The quantitative estimate of drug-likeness (QED) is 0.782. The van der Waals surface area contributed by atoms with Gasteiger partial charge in [-0.1, -0.05) is 26.7 Å². The van der Waals surface area contributed by atoms with Crippen molar-refractivity contribution in [2.75, 3.05) is 13.6 Å². The fraction of sp³-hybridized carbons (Fsp3) is 0.875. The van der Waals surface area contributed by atoms with Crippen molar-refractivity contribution in [1.29, 1.82) is 0 Å². The lowest BCUT2D eigenvalue weighted by Crippen LogP contribution is -2.30. The number of hydrogen-bond donors (Lipinski definition) is 1. The highest BCUT2D eigenvalue weighted by atomic mass is 32.1. The second kappa shape index (κ2) is 8.22. The molecule has 126 valence electrons. The average Bonchev–Trinajstić information content (AvgIpc) is 2.79. The molecule has 0 spiro atoms. The van der Waals surface area contributed by atoms with Crippen molar-refractivity contribution in [3.8, 4) is 0 Å². The van der Waals surface area contributed by atoms with Gasteiger partial charge in [0.05, 0.1) is 6.67 Å². The first-order valence-electron chi connectivity index (χ1n) is 8.51. The monoisotopic (exact) mass is 326 g/mol. The molecule has 2 rings (SSSR count). The molecule has 0 bridgehead atoms. The van der Waals surface area contributed by atoms with E-state index in [1.165, 1.54) is 25.7 Å². The summed E-state index contributed by atoms with van der Waals surface area (Å²) in [5, 5.41) is 13.9. The molecule has 1 aliphatic carbocycles. The van der Waals surface area contributed by atoms with Crippen LogP contribution >= 0.6 is 12.2 Å². The molecule has 1 saturated carbocycles. The van der Waals surface area contributed by atoms with Crippen molar-refractivity contribution >= 4 is 12.2 Å². The first kappa shape index (κ1) is 17.6. The van der Waals surface area contributed by atoms with Crippen LogP contribution in [-0.4, -0.2) is 37.9 Å². The van der Waals surface area contributed by atoms with Gasteiger partial charge in [-0.15, -0.1) is 0 Å². The molecule has 1 aromatic rings. The molecule has 6 heteroatoms. The van der Waals surface area contributed by atoms with Crippen LogP contribution in [0.25, 0.3) is 0 Å². The highest BCUT2D eigenvalue weighted by Crippen LogP contribution is 2.28. The van der Waals surface area contributed by atoms with Gasteiger partial charge in [-0.25, -0.2) is 4.68 Å². The Hall–Kier alpha value is -0.720. The second-order valence-corrected chi connectivity index (χ2v) is 7.18. The number of nitrogens with zero attached hydrogens (tertiary/aromatic N) is 4. The van der Waals surface area contributed by atoms with E-state index in [9.17, 15) is 5.11 Å². The van der Waals surface area contributed by atoms with Crippen molar-refractivity contribution in [2.45, 2.75) is 65.8 Å². The fourth-order valence-corrected chi connectivity index (χ4v) is 3.68. The first-order chi connectivity index (χ1) is 10.5. The van der Waals surface area contributed by atoms with Crippen LogP contribution in [0.3, 0.4) is 0 Å². The van der Waals surface area contributed by atoms with Crippen LogP contribution in [0.4, 0.5) is 0 Å². The van der Waals surface area contributed by atoms with E-state index >= 15 is 0 Å². The third-order valence-corrected chi connectivity index (χ3v) is 5.10. The zero-order valence-electron chi connectivity index (χ0n) is 14.2. The summed E-state index contributed by atoms with van der Waals surface area (Å²) < 4.78 is 4.52. The Kier molecular flexibility index (Phi) is 6.59. The van der Waals surface area contributed by atoms with E-state index in [4.69, 9.17) is 12.2 Å². The molecule has 0 unspecified atom stereocenters. The van der Waals surface area contributed by atoms with E-state index in [0.29, 0.717) is 12.5 Å². The number of aliphatic hydroxyl groups excluding tert-OH is 1. The maximum atomic E-state index is 9.45. The fourth-order valence-electron chi connectivity index (χ4n) is 3.38. The summed E-state index contributed by atoms with van der Waals surface area (Å²) >= 11 is 5.51. The smallest absolute Gasteiger partial charge is 0.199 e. The molecule has 0 atom stereocenters. The van der Waals surface area contributed by atoms with E-state index in [1.54, 1.807) is 0 Å². The molecule has 0 radical (unpaired) electrons. The van der Waals surface area contributed by atoms with E-state index in [0.717, 1.165) is 36.1 Å². The van der Waals surface area contributed by atoms with Crippen LogP contribution in [-0.2, 0) is 19.8 Å². The first-order valence-corrected chi connectivity index (χ1v) is 8.91. The lowest BCUT2D eigenvalue weighted by molar-refractivity contribution is 0.174. The van der Waals surface area contributed by atoms with E-state index in [2.05, 4.69) is 30.9 Å². The summed E-state index contributed by atoms with van der Waals surface area (Å²) in [5.74, 6) is 2.36. The van der Waals surface area contributed by atoms with Gasteiger partial charge in [-0.05, 0) is 50.4 Å². The van der Waals surface area contributed by atoms with Crippen molar-refractivity contribution in [3.05, 3.63) is 10.6 Å². The molecule has 0 saturated heterocycles. The number of aromatic nitrogens is 3. The summed E-state index contributed by atoms with van der Waals surface area (Å²) in [6.45, 7) is 7.03. The normalized spacial score (nSPS) is 22.4. The minimum atomic E-state index is -0.0547. The largest absolute Gasteiger partial charge is 0.388 e. The molecule has 0 aliphatic heterocycles. The van der Waals surface area contributed by atoms with Gasteiger partial charge < -0.3 is 9.67 Å². The highest BCUT2D eigenvalue weighted by Gasteiger charge is 2.20. The SMILES string of the molecule is CCCn1c(CO)nn(CN(C)CC2CCC(C)CC2)c1=S. The number of aliphatic hydroxyl groups is 1. The summed E-state index contributed by atoms with van der Waals surface area (Å²) in [6, 6.07) is 0. The average molecular weight is 327 g/mol. The standard InChI is InChI=1S/C16H30N4OS/c1-4-9-19-15(11-21)17-20(16(19)22)12-18(3)10-14-7-5-13(2)6-8-14/h13-14,21H,4-12H2,1-3H3. The minimum Gasteiger partial charge on any atom is -0.388 e. The van der Waals surface area contributed by atoms with Gasteiger partial charge in [0, 0.05) is 13.1 Å². The highest BCUT2D eigenvalue weighted by molar-refractivity contribution is 7.71.